The van der Waals surface area contributed by atoms with Gasteiger partial charge in [-0.25, -0.2) is 0 Å². The molecular weight excluding hydrogens is 468 g/mol. The van der Waals surface area contributed by atoms with E-state index in [0.29, 0.717) is 0 Å². The van der Waals surface area contributed by atoms with Crippen LogP contribution in [0, 0.1) is 0 Å². The first-order valence-corrected chi connectivity index (χ1v) is 15.3. The Balaban J connectivity index is 3.51. The molecule has 2 aromatic carbocycles. The lowest BCUT2D eigenvalue weighted by Gasteiger charge is -2.47. The van der Waals surface area contributed by atoms with Gasteiger partial charge in [0.25, 0.3) is 0 Å². The molecule has 0 heterocycles. The Morgan fingerprint density at radius 1 is 0.308 bits per heavy atom. The van der Waals surface area contributed by atoms with Gasteiger partial charge in [-0.2, -0.15) is 0 Å². The van der Waals surface area contributed by atoms with Crippen LogP contribution < -0.4 is 0 Å². The molecule has 0 aliphatic carbocycles. The first-order chi connectivity index (χ1) is 16.9. The molecule has 220 valence electrons. The summed E-state index contributed by atoms with van der Waals surface area (Å²) in [5, 5.41) is 0. The number of hydrogen-bond acceptors (Lipinski definition) is 0. The van der Waals surface area contributed by atoms with Gasteiger partial charge in [0.2, 0.25) is 0 Å². The Kier molecular flexibility index (Phi) is 8.43. The van der Waals surface area contributed by atoms with Crippen molar-refractivity contribution < 1.29 is 0 Å². The van der Waals surface area contributed by atoms with Crippen molar-refractivity contribution in [2.45, 2.75) is 176 Å². The average molecular weight is 533 g/mol. The molecule has 0 bridgehead atoms. The molecular formula is C39H64. The van der Waals surface area contributed by atoms with Gasteiger partial charge in [-0.3, -0.25) is 0 Å². The van der Waals surface area contributed by atoms with Crippen molar-refractivity contribution >= 4 is 0 Å². The molecule has 0 amide bonds. The zero-order chi connectivity index (χ0) is 30.9. The van der Waals surface area contributed by atoms with Gasteiger partial charge in [-0.05, 0) is 77.0 Å². The molecule has 0 spiro atoms. The Morgan fingerprint density at radius 3 is 0.821 bits per heavy atom. The fourth-order valence-corrected chi connectivity index (χ4v) is 6.65. The van der Waals surface area contributed by atoms with Gasteiger partial charge in [0, 0.05) is 5.41 Å². The predicted octanol–water partition coefficient (Wildman–Crippen LogP) is 11.8. The van der Waals surface area contributed by atoms with Gasteiger partial charge in [0.1, 0.15) is 0 Å². The van der Waals surface area contributed by atoms with Crippen LogP contribution >= 0.6 is 0 Å². The molecule has 39 heavy (non-hydrogen) atoms. The average Bonchev–Trinajstić information content (AvgIpc) is 2.67. The van der Waals surface area contributed by atoms with Gasteiger partial charge in [-0.15, -0.1) is 0 Å². The van der Waals surface area contributed by atoms with Gasteiger partial charge in [0.05, 0.1) is 0 Å². The quantitative estimate of drug-likeness (QED) is 0.361. The van der Waals surface area contributed by atoms with E-state index in [-0.39, 0.29) is 37.9 Å². The topological polar surface area (TPSA) is 0 Å². The van der Waals surface area contributed by atoms with Crippen LogP contribution in [0.15, 0.2) is 24.3 Å². The third-order valence-electron chi connectivity index (χ3n) is 8.37. The highest BCUT2D eigenvalue weighted by atomic mass is 14.5. The van der Waals surface area contributed by atoms with E-state index >= 15 is 0 Å². The van der Waals surface area contributed by atoms with Gasteiger partial charge < -0.3 is 0 Å². The molecule has 0 saturated carbocycles. The minimum atomic E-state index is -0.209. The van der Waals surface area contributed by atoms with Crippen LogP contribution in [0.5, 0.6) is 0 Å². The summed E-state index contributed by atoms with van der Waals surface area (Å²) in [4.78, 5) is 0. The molecule has 0 atom stereocenters. The second-order valence-corrected chi connectivity index (χ2v) is 18.9. The molecule has 0 fully saturated rings. The van der Waals surface area contributed by atoms with Crippen LogP contribution in [-0.2, 0) is 37.9 Å². The number of rotatable bonds is 2. The van der Waals surface area contributed by atoms with E-state index in [1.165, 1.54) is 27.8 Å². The van der Waals surface area contributed by atoms with Gasteiger partial charge in [-0.1, -0.05) is 163 Å². The van der Waals surface area contributed by atoms with E-state index < -0.39 is 0 Å². The largest absolute Gasteiger partial charge is 0.0617 e. The second-order valence-electron chi connectivity index (χ2n) is 18.9. The summed E-state index contributed by atoms with van der Waals surface area (Å²) in [5.74, 6) is 0. The van der Waals surface area contributed by atoms with Crippen molar-refractivity contribution in [3.05, 3.63) is 68.8 Å². The lowest BCUT2D eigenvalue weighted by molar-refractivity contribution is 0.458. The fourth-order valence-electron chi connectivity index (χ4n) is 6.65. The van der Waals surface area contributed by atoms with E-state index in [0.717, 1.165) is 0 Å². The Bertz CT molecular complexity index is 1110. The summed E-state index contributed by atoms with van der Waals surface area (Å²) in [5.41, 5.74) is 12.0. The molecule has 0 aliphatic rings. The van der Waals surface area contributed by atoms with Gasteiger partial charge in [0.15, 0.2) is 0 Å². The van der Waals surface area contributed by atoms with Crippen LogP contribution in [0.25, 0.3) is 0 Å². The highest BCUT2D eigenvalue weighted by Crippen LogP contribution is 2.53. The zero-order valence-electron chi connectivity index (χ0n) is 29.8. The monoisotopic (exact) mass is 533 g/mol. The minimum Gasteiger partial charge on any atom is -0.0617 e. The van der Waals surface area contributed by atoms with Crippen LogP contribution in [0.1, 0.15) is 183 Å². The molecule has 0 radical (unpaired) electrons. The summed E-state index contributed by atoms with van der Waals surface area (Å²) in [6.07, 6.45) is 0. The van der Waals surface area contributed by atoms with Crippen LogP contribution in [0.2, 0.25) is 0 Å². The lowest BCUT2D eigenvalue weighted by Crippen LogP contribution is -2.39. The normalized spacial score (nSPS) is 14.7. The molecule has 0 N–H and O–H groups in total. The molecule has 0 saturated heterocycles. The van der Waals surface area contributed by atoms with Gasteiger partial charge >= 0.3 is 0 Å². The van der Waals surface area contributed by atoms with E-state index in [1.807, 2.05) is 0 Å². The van der Waals surface area contributed by atoms with E-state index in [4.69, 9.17) is 0 Å². The second kappa shape index (κ2) is 9.77. The Hall–Kier alpha value is -1.56. The molecule has 0 aliphatic heterocycles. The Morgan fingerprint density at radius 2 is 0.590 bits per heavy atom. The Labute approximate surface area is 244 Å². The van der Waals surface area contributed by atoms with Crippen LogP contribution in [-0.4, -0.2) is 0 Å². The third-order valence-corrected chi connectivity index (χ3v) is 8.37. The maximum atomic E-state index is 2.60. The molecule has 0 unspecified atom stereocenters. The maximum absolute atomic E-state index is 2.60. The summed E-state index contributed by atoms with van der Waals surface area (Å²) in [6, 6.07) is 9.69. The smallest absolute Gasteiger partial charge is 0.0158 e. The first kappa shape index (κ1) is 33.6. The molecule has 0 heteroatoms. The molecule has 2 aromatic rings. The summed E-state index contributed by atoms with van der Waals surface area (Å²) < 4.78 is 0. The van der Waals surface area contributed by atoms with E-state index in [1.54, 1.807) is 16.7 Å². The third kappa shape index (κ3) is 6.68. The van der Waals surface area contributed by atoms with Crippen molar-refractivity contribution in [1.82, 2.24) is 0 Å². The van der Waals surface area contributed by atoms with E-state index in [2.05, 4.69) is 163 Å². The molecule has 2 rings (SSSR count). The lowest BCUT2D eigenvalue weighted by atomic mass is 9.57. The highest BCUT2D eigenvalue weighted by Gasteiger charge is 2.44. The SMILES string of the molecule is CC(C)(C)c1cc(C(C)(C)C)c(C(C)(C)C)c(C(C)(C)c2c(C(C)(C)C)cccc2C(C)(C)C)c1C(C)(C)C. The van der Waals surface area contributed by atoms with Crippen LogP contribution in [0.3, 0.4) is 0 Å². The standard InChI is InChI=1S/C39H64/c1-33(2,3)25-22-21-23-26(34(4,5)6)29(25)39(19,20)32-30(37(13,14)15)27(35(7,8)9)24-28(36(10,11)12)31(32)38(16,17)18/h21-24H,1-20H3. The predicted molar refractivity (Wildman–Crippen MR) is 177 cm³/mol. The number of benzene rings is 2. The van der Waals surface area contributed by atoms with Crippen molar-refractivity contribution in [3.8, 4) is 0 Å². The summed E-state index contributed by atoms with van der Waals surface area (Å²) >= 11 is 0. The van der Waals surface area contributed by atoms with Crippen LogP contribution in [0.4, 0.5) is 0 Å². The number of hydrogen-bond donors (Lipinski definition) is 0. The highest BCUT2D eigenvalue weighted by molar-refractivity contribution is 5.63. The molecule has 0 aromatic heterocycles. The van der Waals surface area contributed by atoms with Crippen molar-refractivity contribution in [3.63, 3.8) is 0 Å². The van der Waals surface area contributed by atoms with E-state index in [9.17, 15) is 0 Å². The van der Waals surface area contributed by atoms with Crippen molar-refractivity contribution in [2.24, 2.45) is 0 Å². The summed E-state index contributed by atoms with van der Waals surface area (Å²) in [7, 11) is 0. The first-order valence-electron chi connectivity index (χ1n) is 15.3. The molecule has 0 nitrogen and oxygen atoms in total. The fraction of sp³-hybridized carbons (Fsp3) is 0.692. The van der Waals surface area contributed by atoms with Crippen molar-refractivity contribution in [1.29, 1.82) is 0 Å². The minimum absolute atomic E-state index is 0.00972. The maximum Gasteiger partial charge on any atom is 0.0158 e. The van der Waals surface area contributed by atoms with Crippen molar-refractivity contribution in [2.75, 3.05) is 0 Å². The summed E-state index contributed by atoms with van der Waals surface area (Å²) in [6.45, 7) is 48.4. The zero-order valence-corrected chi connectivity index (χ0v) is 29.8.